The van der Waals surface area contributed by atoms with Gasteiger partial charge in [-0.2, -0.15) is 0 Å². The number of aromatic nitrogens is 2. The first-order chi connectivity index (χ1) is 10.0. The molecule has 116 valence electrons. The monoisotopic (exact) mass is 293 g/mol. The van der Waals surface area contributed by atoms with Crippen LogP contribution in [0.5, 0.6) is 0 Å². The molecule has 2 atom stereocenters. The van der Waals surface area contributed by atoms with Crippen LogP contribution < -0.4 is 0 Å². The maximum Gasteiger partial charge on any atom is 0.257 e. The Morgan fingerprint density at radius 2 is 2.14 bits per heavy atom. The molecule has 0 radical (unpaired) electrons. The molecule has 1 aliphatic rings. The van der Waals surface area contributed by atoms with E-state index >= 15 is 0 Å². The number of hydrogen-bond donors (Lipinski definition) is 2. The van der Waals surface area contributed by atoms with Crippen molar-refractivity contribution in [3.05, 3.63) is 23.8 Å². The molecule has 6 nitrogen and oxygen atoms in total. The maximum atomic E-state index is 12.4. The SMILES string of the molecule is CCC[C@]1(CO)CCN(C(=O)c2cnc(C)nc2)C[C@H]1O. The number of carbonyl (C=O) groups excluding carboxylic acids is 1. The second-order valence-electron chi connectivity index (χ2n) is 5.81. The lowest BCUT2D eigenvalue weighted by atomic mass is 9.73. The van der Waals surface area contributed by atoms with Crippen molar-refractivity contribution >= 4 is 5.91 Å². The number of carbonyl (C=O) groups is 1. The molecule has 1 aliphatic heterocycles. The second-order valence-corrected chi connectivity index (χ2v) is 5.81. The van der Waals surface area contributed by atoms with Gasteiger partial charge in [0.15, 0.2) is 0 Å². The summed E-state index contributed by atoms with van der Waals surface area (Å²) < 4.78 is 0. The van der Waals surface area contributed by atoms with Crippen LogP contribution >= 0.6 is 0 Å². The summed E-state index contributed by atoms with van der Waals surface area (Å²) in [4.78, 5) is 22.1. The van der Waals surface area contributed by atoms with Crippen LogP contribution in [0, 0.1) is 12.3 Å². The number of aliphatic hydroxyl groups excluding tert-OH is 2. The Morgan fingerprint density at radius 3 is 2.67 bits per heavy atom. The normalized spacial score (nSPS) is 25.9. The van der Waals surface area contributed by atoms with Gasteiger partial charge in [0.2, 0.25) is 0 Å². The third kappa shape index (κ3) is 3.22. The van der Waals surface area contributed by atoms with Crippen molar-refractivity contribution in [2.45, 2.75) is 39.2 Å². The molecular weight excluding hydrogens is 270 g/mol. The van der Waals surface area contributed by atoms with Crippen LogP contribution in [0.15, 0.2) is 12.4 Å². The van der Waals surface area contributed by atoms with Crippen LogP contribution in [0.2, 0.25) is 0 Å². The first-order valence-electron chi connectivity index (χ1n) is 7.39. The second kappa shape index (κ2) is 6.49. The summed E-state index contributed by atoms with van der Waals surface area (Å²) in [6, 6.07) is 0. The summed E-state index contributed by atoms with van der Waals surface area (Å²) in [5, 5.41) is 20.0. The molecule has 1 amide bonds. The maximum absolute atomic E-state index is 12.4. The minimum atomic E-state index is -0.702. The number of amides is 1. The van der Waals surface area contributed by atoms with Gasteiger partial charge in [-0.3, -0.25) is 4.79 Å². The van der Waals surface area contributed by atoms with Gasteiger partial charge >= 0.3 is 0 Å². The summed E-state index contributed by atoms with van der Waals surface area (Å²) in [7, 11) is 0. The number of rotatable bonds is 4. The van der Waals surface area contributed by atoms with Crippen molar-refractivity contribution in [1.82, 2.24) is 14.9 Å². The molecule has 1 fully saturated rings. The lowest BCUT2D eigenvalue weighted by Gasteiger charge is -2.44. The molecule has 1 aromatic heterocycles. The fourth-order valence-electron chi connectivity index (χ4n) is 2.94. The van der Waals surface area contributed by atoms with E-state index in [1.165, 1.54) is 12.4 Å². The van der Waals surface area contributed by atoms with Crippen LogP contribution in [0.3, 0.4) is 0 Å². The van der Waals surface area contributed by atoms with Crippen LogP contribution in [0.25, 0.3) is 0 Å². The van der Waals surface area contributed by atoms with Crippen molar-refractivity contribution in [3.63, 3.8) is 0 Å². The molecule has 0 spiro atoms. The molecule has 0 saturated carbocycles. The van der Waals surface area contributed by atoms with E-state index in [0.29, 0.717) is 24.4 Å². The quantitative estimate of drug-likeness (QED) is 0.856. The zero-order valence-electron chi connectivity index (χ0n) is 12.6. The highest BCUT2D eigenvalue weighted by Gasteiger charge is 2.42. The van der Waals surface area contributed by atoms with Crippen molar-refractivity contribution in [1.29, 1.82) is 0 Å². The standard InChI is InChI=1S/C15H23N3O3/c1-3-4-15(10-19)5-6-18(9-13(15)20)14(21)12-7-16-11(2)17-8-12/h7-8,13,19-20H,3-6,9-10H2,1-2H3/t13-,15-/m1/s1. The molecular formula is C15H23N3O3. The number of aryl methyl sites for hydroxylation is 1. The third-order valence-electron chi connectivity index (χ3n) is 4.36. The van der Waals surface area contributed by atoms with Crippen LogP contribution in [0.4, 0.5) is 0 Å². The minimum absolute atomic E-state index is 0.0440. The third-order valence-corrected chi connectivity index (χ3v) is 4.36. The van der Waals surface area contributed by atoms with Gasteiger partial charge in [0.1, 0.15) is 5.82 Å². The van der Waals surface area contributed by atoms with Gasteiger partial charge in [-0.1, -0.05) is 13.3 Å². The van der Waals surface area contributed by atoms with E-state index in [1.54, 1.807) is 11.8 Å². The molecule has 21 heavy (non-hydrogen) atoms. The average molecular weight is 293 g/mol. The summed E-state index contributed by atoms with van der Waals surface area (Å²) in [6.07, 6.45) is 4.59. The summed E-state index contributed by atoms with van der Waals surface area (Å²) in [5.74, 6) is 0.449. The Morgan fingerprint density at radius 1 is 1.48 bits per heavy atom. The highest BCUT2D eigenvalue weighted by molar-refractivity contribution is 5.93. The predicted molar refractivity (Wildman–Crippen MR) is 77.7 cm³/mol. The Bertz CT molecular complexity index is 491. The zero-order valence-corrected chi connectivity index (χ0v) is 12.6. The highest BCUT2D eigenvalue weighted by Crippen LogP contribution is 2.36. The summed E-state index contributed by atoms with van der Waals surface area (Å²) >= 11 is 0. The fraction of sp³-hybridized carbons (Fsp3) is 0.667. The Kier molecular flexibility index (Phi) is 4.90. The first-order valence-corrected chi connectivity index (χ1v) is 7.39. The molecule has 1 saturated heterocycles. The predicted octanol–water partition coefficient (Wildman–Crippen LogP) is 0.771. The Balaban J connectivity index is 2.08. The Labute approximate surface area is 124 Å². The molecule has 2 heterocycles. The summed E-state index contributed by atoms with van der Waals surface area (Å²) in [6.45, 7) is 4.53. The molecule has 0 aliphatic carbocycles. The van der Waals surface area contributed by atoms with E-state index in [4.69, 9.17) is 0 Å². The lowest BCUT2D eigenvalue weighted by Crippen LogP contribution is -2.54. The summed E-state index contributed by atoms with van der Waals surface area (Å²) in [5.41, 5.74) is -0.0465. The largest absolute Gasteiger partial charge is 0.396 e. The van der Waals surface area contributed by atoms with Crippen molar-refractivity contribution in [2.75, 3.05) is 19.7 Å². The van der Waals surface area contributed by atoms with Gasteiger partial charge in [-0.15, -0.1) is 0 Å². The van der Waals surface area contributed by atoms with E-state index in [1.807, 2.05) is 6.92 Å². The van der Waals surface area contributed by atoms with Gasteiger partial charge in [0.25, 0.3) is 5.91 Å². The number of piperidine rings is 1. The smallest absolute Gasteiger partial charge is 0.257 e. The topological polar surface area (TPSA) is 86.5 Å². The number of likely N-dealkylation sites (tertiary alicyclic amines) is 1. The van der Waals surface area contributed by atoms with Crippen LogP contribution in [-0.2, 0) is 0 Å². The molecule has 6 heteroatoms. The number of nitrogens with zero attached hydrogens (tertiary/aromatic N) is 3. The number of β-amino-alcohol motifs (C(OH)–C–C–N with tert-alkyl or cyclic N) is 1. The van der Waals surface area contributed by atoms with E-state index < -0.39 is 11.5 Å². The van der Waals surface area contributed by atoms with E-state index in [0.717, 1.165) is 12.8 Å². The molecule has 1 aromatic rings. The van der Waals surface area contributed by atoms with Crippen LogP contribution in [-0.4, -0.2) is 56.8 Å². The van der Waals surface area contributed by atoms with Gasteiger partial charge in [-0.25, -0.2) is 9.97 Å². The van der Waals surface area contributed by atoms with Crippen molar-refractivity contribution in [3.8, 4) is 0 Å². The highest BCUT2D eigenvalue weighted by atomic mass is 16.3. The van der Waals surface area contributed by atoms with Crippen LogP contribution in [0.1, 0.15) is 42.4 Å². The van der Waals surface area contributed by atoms with Crippen molar-refractivity contribution < 1.29 is 15.0 Å². The first kappa shape index (κ1) is 15.9. The Hall–Kier alpha value is -1.53. The molecule has 0 bridgehead atoms. The van der Waals surface area contributed by atoms with Crippen molar-refractivity contribution in [2.24, 2.45) is 5.41 Å². The number of aliphatic hydroxyl groups is 2. The fourth-order valence-corrected chi connectivity index (χ4v) is 2.94. The van der Waals surface area contributed by atoms with E-state index in [9.17, 15) is 15.0 Å². The van der Waals surface area contributed by atoms with E-state index in [-0.39, 0.29) is 19.1 Å². The van der Waals surface area contributed by atoms with Gasteiger partial charge in [-0.05, 0) is 19.8 Å². The minimum Gasteiger partial charge on any atom is -0.396 e. The van der Waals surface area contributed by atoms with Gasteiger partial charge in [0, 0.05) is 30.9 Å². The van der Waals surface area contributed by atoms with Gasteiger partial charge < -0.3 is 15.1 Å². The lowest BCUT2D eigenvalue weighted by molar-refractivity contribution is -0.0713. The zero-order chi connectivity index (χ0) is 15.5. The molecule has 0 aromatic carbocycles. The van der Waals surface area contributed by atoms with Gasteiger partial charge in [0.05, 0.1) is 18.3 Å². The molecule has 2 N–H and O–H groups in total. The number of hydrogen-bond acceptors (Lipinski definition) is 5. The molecule has 2 rings (SSSR count). The molecule has 0 unspecified atom stereocenters. The van der Waals surface area contributed by atoms with E-state index in [2.05, 4.69) is 9.97 Å². The average Bonchev–Trinajstić information content (AvgIpc) is 2.49.